The Balaban J connectivity index is 2.20. The van der Waals surface area contributed by atoms with Gasteiger partial charge < -0.3 is 9.84 Å². The van der Waals surface area contributed by atoms with E-state index >= 15 is 0 Å². The minimum atomic E-state index is -0.479. The van der Waals surface area contributed by atoms with E-state index in [4.69, 9.17) is 4.74 Å². The van der Waals surface area contributed by atoms with Crippen LogP contribution >= 0.6 is 0 Å². The van der Waals surface area contributed by atoms with Gasteiger partial charge in [0.2, 0.25) is 0 Å². The standard InChI is InChI=1S/C18H28O4/c1-3-22-18(21)9-7-5-4-6-8-16-15(11-10-14(2)19)12-13-17(16)20/h10-16,19H,3-9H2,1-2H3/t14?,15-,16-/m0/s1. The lowest BCUT2D eigenvalue weighted by Crippen LogP contribution is -2.14. The molecule has 1 aliphatic carbocycles. The van der Waals surface area contributed by atoms with Gasteiger partial charge in [0.05, 0.1) is 12.7 Å². The average Bonchev–Trinajstić information content (AvgIpc) is 2.81. The lowest BCUT2D eigenvalue weighted by molar-refractivity contribution is -0.143. The number of ether oxygens (including phenoxy) is 1. The molecule has 4 heteroatoms. The van der Waals surface area contributed by atoms with Crippen molar-refractivity contribution in [2.24, 2.45) is 11.8 Å². The maximum absolute atomic E-state index is 11.9. The molecule has 1 N–H and O–H groups in total. The van der Waals surface area contributed by atoms with Crippen LogP contribution in [0.4, 0.5) is 0 Å². The summed E-state index contributed by atoms with van der Waals surface area (Å²) < 4.78 is 4.88. The Kier molecular flexibility index (Phi) is 8.75. The Bertz CT molecular complexity index is 409. The molecule has 0 radical (unpaired) electrons. The summed E-state index contributed by atoms with van der Waals surface area (Å²) in [6.45, 7) is 3.96. The smallest absolute Gasteiger partial charge is 0.305 e. The first-order chi connectivity index (χ1) is 10.5. The van der Waals surface area contributed by atoms with E-state index in [2.05, 4.69) is 0 Å². The molecule has 0 spiro atoms. The maximum Gasteiger partial charge on any atom is 0.305 e. The average molecular weight is 308 g/mol. The second kappa shape index (κ2) is 10.3. The molecule has 1 aliphatic rings. The van der Waals surface area contributed by atoms with Crippen LogP contribution in [-0.4, -0.2) is 29.6 Å². The van der Waals surface area contributed by atoms with Gasteiger partial charge in [0.15, 0.2) is 5.78 Å². The van der Waals surface area contributed by atoms with Gasteiger partial charge in [-0.1, -0.05) is 37.5 Å². The van der Waals surface area contributed by atoms with Crippen molar-refractivity contribution in [3.8, 4) is 0 Å². The predicted octanol–water partition coefficient (Wildman–Crippen LogP) is 3.20. The number of carbonyl (C=O) groups excluding carboxylic acids is 2. The van der Waals surface area contributed by atoms with E-state index < -0.39 is 6.10 Å². The van der Waals surface area contributed by atoms with Crippen molar-refractivity contribution < 1.29 is 19.4 Å². The van der Waals surface area contributed by atoms with Gasteiger partial charge in [-0.2, -0.15) is 0 Å². The Morgan fingerprint density at radius 3 is 2.77 bits per heavy atom. The number of hydrogen-bond acceptors (Lipinski definition) is 4. The van der Waals surface area contributed by atoms with Crippen molar-refractivity contribution in [3.63, 3.8) is 0 Å². The van der Waals surface area contributed by atoms with Gasteiger partial charge in [0.25, 0.3) is 0 Å². The lowest BCUT2D eigenvalue weighted by Gasteiger charge is -2.15. The zero-order valence-corrected chi connectivity index (χ0v) is 13.7. The van der Waals surface area contributed by atoms with Crippen LogP contribution in [0.5, 0.6) is 0 Å². The minimum Gasteiger partial charge on any atom is -0.466 e. The molecule has 22 heavy (non-hydrogen) atoms. The molecule has 0 saturated heterocycles. The van der Waals surface area contributed by atoms with Gasteiger partial charge in [0.1, 0.15) is 0 Å². The fraction of sp³-hybridized carbons (Fsp3) is 0.667. The van der Waals surface area contributed by atoms with Crippen LogP contribution in [-0.2, 0) is 14.3 Å². The van der Waals surface area contributed by atoms with E-state index in [0.29, 0.717) is 13.0 Å². The highest BCUT2D eigenvalue weighted by Gasteiger charge is 2.27. The Morgan fingerprint density at radius 1 is 1.36 bits per heavy atom. The van der Waals surface area contributed by atoms with Gasteiger partial charge >= 0.3 is 5.97 Å². The minimum absolute atomic E-state index is 0.0139. The molecule has 4 nitrogen and oxygen atoms in total. The molecule has 0 bridgehead atoms. The summed E-state index contributed by atoms with van der Waals surface area (Å²) in [5, 5.41) is 9.29. The number of allylic oxidation sites excluding steroid dienone is 3. The lowest BCUT2D eigenvalue weighted by atomic mass is 9.89. The molecular formula is C18H28O4. The van der Waals surface area contributed by atoms with Gasteiger partial charge in [-0.25, -0.2) is 0 Å². The van der Waals surface area contributed by atoms with Crippen LogP contribution in [0.2, 0.25) is 0 Å². The summed E-state index contributed by atoms with van der Waals surface area (Å²) in [5.41, 5.74) is 0. The molecule has 124 valence electrons. The number of esters is 1. The van der Waals surface area contributed by atoms with Crippen molar-refractivity contribution in [2.45, 2.75) is 58.5 Å². The van der Waals surface area contributed by atoms with Crippen molar-refractivity contribution >= 4 is 11.8 Å². The quantitative estimate of drug-likeness (QED) is 0.382. The van der Waals surface area contributed by atoms with E-state index in [1.54, 1.807) is 19.1 Å². The number of hydrogen-bond donors (Lipinski definition) is 1. The fourth-order valence-electron chi connectivity index (χ4n) is 2.70. The molecular weight excluding hydrogens is 280 g/mol. The van der Waals surface area contributed by atoms with Crippen LogP contribution < -0.4 is 0 Å². The Labute approximate surface area is 133 Å². The maximum atomic E-state index is 11.9. The Hall–Kier alpha value is -1.42. The van der Waals surface area contributed by atoms with E-state index in [1.807, 2.05) is 19.1 Å². The SMILES string of the molecule is CCOC(=O)CCCCCC[C@@H]1C(=O)C=C[C@@H]1C=CC(C)O. The number of rotatable bonds is 10. The molecule has 0 aliphatic heterocycles. The molecule has 1 unspecified atom stereocenters. The topological polar surface area (TPSA) is 63.6 Å². The molecule has 0 aromatic rings. The second-order valence-corrected chi connectivity index (χ2v) is 5.83. The largest absolute Gasteiger partial charge is 0.466 e. The van der Waals surface area contributed by atoms with Gasteiger partial charge in [-0.15, -0.1) is 0 Å². The second-order valence-electron chi connectivity index (χ2n) is 5.83. The van der Waals surface area contributed by atoms with E-state index in [-0.39, 0.29) is 23.6 Å². The van der Waals surface area contributed by atoms with Crippen molar-refractivity contribution in [2.75, 3.05) is 6.61 Å². The summed E-state index contributed by atoms with van der Waals surface area (Å²) in [6, 6.07) is 0. The zero-order chi connectivity index (χ0) is 16.4. The summed E-state index contributed by atoms with van der Waals surface area (Å²) in [7, 11) is 0. The molecule has 0 amide bonds. The predicted molar refractivity (Wildman–Crippen MR) is 86.3 cm³/mol. The zero-order valence-electron chi connectivity index (χ0n) is 13.7. The van der Waals surface area contributed by atoms with Crippen LogP contribution in [0.1, 0.15) is 52.4 Å². The first-order valence-electron chi connectivity index (χ1n) is 8.28. The van der Waals surface area contributed by atoms with E-state index in [0.717, 1.165) is 32.1 Å². The summed E-state index contributed by atoms with van der Waals surface area (Å²) in [4.78, 5) is 23.1. The van der Waals surface area contributed by atoms with Crippen LogP contribution in [0.25, 0.3) is 0 Å². The van der Waals surface area contributed by atoms with Crippen molar-refractivity contribution in [1.29, 1.82) is 0 Å². The van der Waals surface area contributed by atoms with Crippen LogP contribution in [0.15, 0.2) is 24.3 Å². The summed E-state index contributed by atoms with van der Waals surface area (Å²) in [5.74, 6) is 0.189. The van der Waals surface area contributed by atoms with Gasteiger partial charge in [-0.05, 0) is 32.8 Å². The van der Waals surface area contributed by atoms with Gasteiger partial charge in [-0.3, -0.25) is 9.59 Å². The van der Waals surface area contributed by atoms with Crippen LogP contribution in [0.3, 0.4) is 0 Å². The first-order valence-corrected chi connectivity index (χ1v) is 8.28. The highest BCUT2D eigenvalue weighted by Crippen LogP contribution is 2.28. The van der Waals surface area contributed by atoms with Crippen LogP contribution in [0, 0.1) is 11.8 Å². The molecule has 0 fully saturated rings. The third-order valence-corrected chi connectivity index (χ3v) is 3.88. The van der Waals surface area contributed by atoms with Crippen molar-refractivity contribution in [1.82, 2.24) is 0 Å². The summed E-state index contributed by atoms with van der Waals surface area (Å²) >= 11 is 0. The molecule has 3 atom stereocenters. The third-order valence-electron chi connectivity index (χ3n) is 3.88. The molecule has 1 rings (SSSR count). The fourth-order valence-corrected chi connectivity index (χ4v) is 2.70. The highest BCUT2D eigenvalue weighted by atomic mass is 16.5. The molecule has 0 aromatic heterocycles. The number of aliphatic hydroxyl groups is 1. The number of unbranched alkanes of at least 4 members (excludes halogenated alkanes) is 3. The molecule has 0 heterocycles. The Morgan fingerprint density at radius 2 is 2.09 bits per heavy atom. The first kappa shape index (κ1) is 18.6. The number of aliphatic hydroxyl groups excluding tert-OH is 1. The monoisotopic (exact) mass is 308 g/mol. The van der Waals surface area contributed by atoms with E-state index in [9.17, 15) is 14.7 Å². The number of ketones is 1. The molecule has 0 saturated carbocycles. The normalized spacial score (nSPS) is 22.4. The van der Waals surface area contributed by atoms with Gasteiger partial charge in [0, 0.05) is 18.3 Å². The third kappa shape index (κ3) is 7.03. The van der Waals surface area contributed by atoms with Crippen molar-refractivity contribution in [3.05, 3.63) is 24.3 Å². The highest BCUT2D eigenvalue weighted by molar-refractivity contribution is 5.94. The summed E-state index contributed by atoms with van der Waals surface area (Å²) in [6.07, 6.45) is 12.0. The van der Waals surface area contributed by atoms with E-state index in [1.165, 1.54) is 0 Å². The molecule has 0 aromatic carbocycles. The number of carbonyl (C=O) groups is 2.